The van der Waals surface area contributed by atoms with E-state index in [1.165, 1.54) is 0 Å². The molecule has 14 heavy (non-hydrogen) atoms. The molecule has 0 aromatic rings. The minimum absolute atomic E-state index is 0.261. The molecule has 0 aromatic carbocycles. The Kier molecular flexibility index (Phi) is 2.30. The third kappa shape index (κ3) is 1.65. The molecule has 1 aliphatic heterocycles. The molecule has 0 spiro atoms. The van der Waals surface area contributed by atoms with Crippen molar-refractivity contribution in [2.45, 2.75) is 32.7 Å². The second kappa shape index (κ2) is 3.23. The van der Waals surface area contributed by atoms with Crippen molar-refractivity contribution in [3.05, 3.63) is 0 Å². The van der Waals surface area contributed by atoms with Crippen molar-refractivity contribution >= 4 is 5.91 Å². The molecule has 3 nitrogen and oxygen atoms in total. The van der Waals surface area contributed by atoms with Crippen LogP contribution in [0.3, 0.4) is 0 Å². The van der Waals surface area contributed by atoms with Gasteiger partial charge in [-0.2, -0.15) is 0 Å². The van der Waals surface area contributed by atoms with Gasteiger partial charge in [-0.15, -0.1) is 0 Å². The molecule has 1 saturated heterocycles. The molecule has 2 fully saturated rings. The summed E-state index contributed by atoms with van der Waals surface area (Å²) in [5, 5.41) is 3.29. The zero-order valence-electron chi connectivity index (χ0n) is 9.34. The molecule has 80 valence electrons. The maximum absolute atomic E-state index is 12.0. The number of nitrogens with zero attached hydrogens (tertiary/aromatic N) is 1. The van der Waals surface area contributed by atoms with Crippen molar-refractivity contribution in [3.8, 4) is 0 Å². The van der Waals surface area contributed by atoms with Gasteiger partial charge < -0.3 is 10.2 Å². The number of hydrogen-bond donors (Lipinski definition) is 1. The molecule has 1 N–H and O–H groups in total. The Bertz CT molecular complexity index is 244. The van der Waals surface area contributed by atoms with Crippen LogP contribution in [-0.4, -0.2) is 37.0 Å². The van der Waals surface area contributed by atoms with E-state index in [-0.39, 0.29) is 11.3 Å². The summed E-state index contributed by atoms with van der Waals surface area (Å²) in [4.78, 5) is 14.0. The zero-order valence-corrected chi connectivity index (χ0v) is 9.34. The minimum Gasteiger partial charge on any atom is -0.341 e. The maximum Gasteiger partial charge on any atom is 0.226 e. The summed E-state index contributed by atoms with van der Waals surface area (Å²) in [5.74, 6) is 0.636. The molecule has 2 aliphatic rings. The van der Waals surface area contributed by atoms with Crippen LogP contribution in [0.4, 0.5) is 0 Å². The van der Waals surface area contributed by atoms with Crippen molar-refractivity contribution in [3.63, 3.8) is 0 Å². The first-order chi connectivity index (χ1) is 6.52. The third-order valence-corrected chi connectivity index (χ3v) is 3.74. The molecule has 0 unspecified atom stereocenters. The van der Waals surface area contributed by atoms with Crippen LogP contribution in [-0.2, 0) is 4.79 Å². The minimum atomic E-state index is 0.261. The topological polar surface area (TPSA) is 32.3 Å². The first kappa shape index (κ1) is 9.97. The van der Waals surface area contributed by atoms with Crippen molar-refractivity contribution < 1.29 is 4.79 Å². The van der Waals surface area contributed by atoms with E-state index in [0.29, 0.717) is 11.9 Å². The summed E-state index contributed by atoms with van der Waals surface area (Å²) in [6.45, 7) is 6.37. The highest BCUT2D eigenvalue weighted by Crippen LogP contribution is 2.52. The van der Waals surface area contributed by atoms with E-state index in [4.69, 9.17) is 0 Å². The molecule has 2 rings (SSSR count). The van der Waals surface area contributed by atoms with Gasteiger partial charge in [0.1, 0.15) is 0 Å². The number of rotatable bonds is 2. The predicted molar refractivity (Wildman–Crippen MR) is 55.9 cm³/mol. The standard InChI is InChI=1S/C11H20N2O/c1-11(2)6-9(11)10(14)13(3)8-4-5-12-7-8/h8-9,12H,4-7H2,1-3H3/t8-,9+/m0/s1. The summed E-state index contributed by atoms with van der Waals surface area (Å²) < 4.78 is 0. The number of hydrogen-bond acceptors (Lipinski definition) is 2. The molecule has 0 radical (unpaired) electrons. The van der Waals surface area contributed by atoms with E-state index in [2.05, 4.69) is 19.2 Å². The lowest BCUT2D eigenvalue weighted by Crippen LogP contribution is -2.39. The number of likely N-dealkylation sites (N-methyl/N-ethyl adjacent to an activating group) is 1. The van der Waals surface area contributed by atoms with Crippen LogP contribution in [0.5, 0.6) is 0 Å². The number of nitrogens with one attached hydrogen (secondary N) is 1. The lowest BCUT2D eigenvalue weighted by atomic mass is 10.1. The largest absolute Gasteiger partial charge is 0.341 e. The second-order valence-electron chi connectivity index (χ2n) is 5.34. The van der Waals surface area contributed by atoms with Crippen molar-refractivity contribution in [2.75, 3.05) is 20.1 Å². The van der Waals surface area contributed by atoms with Gasteiger partial charge in [0, 0.05) is 25.6 Å². The molecule has 0 aromatic heterocycles. The normalized spacial score (nSPS) is 34.2. The third-order valence-electron chi connectivity index (χ3n) is 3.74. The summed E-state index contributed by atoms with van der Waals surface area (Å²) in [7, 11) is 1.95. The monoisotopic (exact) mass is 196 g/mol. The molecule has 1 saturated carbocycles. The molecule has 1 amide bonds. The van der Waals surface area contributed by atoms with E-state index in [1.807, 2.05) is 11.9 Å². The van der Waals surface area contributed by atoms with Gasteiger partial charge in [-0.3, -0.25) is 4.79 Å². The van der Waals surface area contributed by atoms with Crippen LogP contribution in [0.15, 0.2) is 0 Å². The summed E-state index contributed by atoms with van der Waals surface area (Å²) in [6.07, 6.45) is 2.17. The van der Waals surface area contributed by atoms with Gasteiger partial charge in [0.05, 0.1) is 0 Å². The fraction of sp³-hybridized carbons (Fsp3) is 0.909. The number of carbonyl (C=O) groups excluding carboxylic acids is 1. The first-order valence-electron chi connectivity index (χ1n) is 5.50. The number of carbonyl (C=O) groups is 1. The average Bonchev–Trinajstić information content (AvgIpc) is 2.60. The molecule has 1 heterocycles. The predicted octanol–water partition coefficient (Wildman–Crippen LogP) is 0.853. The van der Waals surface area contributed by atoms with E-state index >= 15 is 0 Å². The Labute approximate surface area is 85.8 Å². The van der Waals surface area contributed by atoms with Gasteiger partial charge >= 0.3 is 0 Å². The summed E-state index contributed by atoms with van der Waals surface area (Å²) in [6, 6.07) is 0.430. The highest BCUT2D eigenvalue weighted by Gasteiger charge is 2.52. The highest BCUT2D eigenvalue weighted by molar-refractivity contribution is 5.82. The average molecular weight is 196 g/mol. The van der Waals surface area contributed by atoms with Crippen LogP contribution >= 0.6 is 0 Å². The maximum atomic E-state index is 12.0. The molecular formula is C11H20N2O. The lowest BCUT2D eigenvalue weighted by molar-refractivity contribution is -0.133. The van der Waals surface area contributed by atoms with Crippen molar-refractivity contribution in [1.82, 2.24) is 10.2 Å². The van der Waals surface area contributed by atoms with Crippen molar-refractivity contribution in [2.24, 2.45) is 11.3 Å². The Morgan fingerprint density at radius 1 is 1.50 bits per heavy atom. The number of amides is 1. The van der Waals surface area contributed by atoms with Crippen LogP contribution in [0, 0.1) is 11.3 Å². The van der Waals surface area contributed by atoms with E-state index in [1.54, 1.807) is 0 Å². The van der Waals surface area contributed by atoms with Crippen molar-refractivity contribution in [1.29, 1.82) is 0 Å². The SMILES string of the molecule is CN(C(=O)[C@H]1CC1(C)C)[C@H]1CCNC1. The fourth-order valence-corrected chi connectivity index (χ4v) is 2.28. The Morgan fingerprint density at radius 2 is 2.14 bits per heavy atom. The van der Waals surface area contributed by atoms with Crippen LogP contribution < -0.4 is 5.32 Å². The van der Waals surface area contributed by atoms with E-state index in [9.17, 15) is 4.79 Å². The van der Waals surface area contributed by atoms with Crippen LogP contribution in [0.1, 0.15) is 26.7 Å². The quantitative estimate of drug-likeness (QED) is 0.710. The van der Waals surface area contributed by atoms with E-state index in [0.717, 1.165) is 25.9 Å². The van der Waals surface area contributed by atoms with Gasteiger partial charge in [-0.1, -0.05) is 13.8 Å². The zero-order chi connectivity index (χ0) is 10.3. The van der Waals surface area contributed by atoms with Gasteiger partial charge in [0.2, 0.25) is 5.91 Å². The van der Waals surface area contributed by atoms with Gasteiger partial charge in [-0.25, -0.2) is 0 Å². The van der Waals surface area contributed by atoms with Gasteiger partial charge in [-0.05, 0) is 24.8 Å². The van der Waals surface area contributed by atoms with E-state index < -0.39 is 0 Å². The van der Waals surface area contributed by atoms with Gasteiger partial charge in [0.25, 0.3) is 0 Å². The Morgan fingerprint density at radius 3 is 2.57 bits per heavy atom. The lowest BCUT2D eigenvalue weighted by Gasteiger charge is -2.24. The van der Waals surface area contributed by atoms with Crippen LogP contribution in [0.2, 0.25) is 0 Å². The second-order valence-corrected chi connectivity index (χ2v) is 5.34. The molecule has 0 bridgehead atoms. The summed E-state index contributed by atoms with van der Waals surface area (Å²) in [5.41, 5.74) is 0.261. The first-order valence-corrected chi connectivity index (χ1v) is 5.50. The fourth-order valence-electron chi connectivity index (χ4n) is 2.28. The summed E-state index contributed by atoms with van der Waals surface area (Å²) >= 11 is 0. The highest BCUT2D eigenvalue weighted by atomic mass is 16.2. The Balaban J connectivity index is 1.91. The smallest absolute Gasteiger partial charge is 0.226 e. The molecule has 3 heteroatoms. The molecular weight excluding hydrogens is 176 g/mol. The molecule has 2 atom stereocenters. The Hall–Kier alpha value is -0.570. The van der Waals surface area contributed by atoms with Gasteiger partial charge in [0.15, 0.2) is 0 Å². The molecule has 1 aliphatic carbocycles. The van der Waals surface area contributed by atoms with Crippen LogP contribution in [0.25, 0.3) is 0 Å².